The fraction of sp³-hybridized carbons (Fsp3) is 0.895. The summed E-state index contributed by atoms with van der Waals surface area (Å²) in [6.07, 6.45) is 11.2. The zero-order valence-corrected chi connectivity index (χ0v) is 15.6. The van der Waals surface area contributed by atoms with Gasteiger partial charge in [0, 0.05) is 0 Å². The molecule has 0 saturated heterocycles. The van der Waals surface area contributed by atoms with Crippen molar-refractivity contribution < 1.29 is 0 Å². The van der Waals surface area contributed by atoms with Gasteiger partial charge in [-0.25, -0.2) is 0 Å². The monoisotopic (exact) mass is 285 g/mol. The van der Waals surface area contributed by atoms with Gasteiger partial charge in [0.25, 0.3) is 0 Å². The zero-order valence-electron chi connectivity index (χ0n) is 15.6. The van der Waals surface area contributed by atoms with Crippen LogP contribution in [-0.4, -0.2) is 13.6 Å². The summed E-state index contributed by atoms with van der Waals surface area (Å²) < 4.78 is 0. The maximum atomic E-state index is 3.66. The molecule has 0 spiro atoms. The third-order valence-electron chi connectivity index (χ3n) is 3.56. The predicted octanol–water partition coefficient (Wildman–Crippen LogP) is 6.45. The molecule has 0 bridgehead atoms. The SMILES string of the molecule is C=CCC(C)CNC.CCC(CC)CC.CCCCC. The quantitative estimate of drug-likeness (QED) is 0.480. The maximum absolute atomic E-state index is 3.66. The molecule has 0 aromatic heterocycles. The fourth-order valence-electron chi connectivity index (χ4n) is 1.94. The molecular formula is C19H43N. The highest BCUT2D eigenvalue weighted by Gasteiger charge is 1.95. The fourth-order valence-corrected chi connectivity index (χ4v) is 1.94. The molecule has 1 atom stereocenters. The molecule has 0 aliphatic rings. The van der Waals surface area contributed by atoms with Crippen LogP contribution < -0.4 is 5.32 Å². The Morgan fingerprint density at radius 3 is 1.55 bits per heavy atom. The van der Waals surface area contributed by atoms with Crippen molar-refractivity contribution in [3.05, 3.63) is 12.7 Å². The molecule has 1 N–H and O–H groups in total. The van der Waals surface area contributed by atoms with E-state index in [9.17, 15) is 0 Å². The summed E-state index contributed by atoms with van der Waals surface area (Å²) >= 11 is 0. The van der Waals surface area contributed by atoms with Crippen LogP contribution in [0.3, 0.4) is 0 Å². The van der Waals surface area contributed by atoms with Crippen LogP contribution >= 0.6 is 0 Å². The van der Waals surface area contributed by atoms with Crippen molar-refractivity contribution >= 4 is 0 Å². The molecular weight excluding hydrogens is 242 g/mol. The van der Waals surface area contributed by atoms with Crippen molar-refractivity contribution in [2.75, 3.05) is 13.6 Å². The van der Waals surface area contributed by atoms with E-state index in [0.717, 1.165) is 24.8 Å². The van der Waals surface area contributed by atoms with Crippen molar-refractivity contribution in [2.24, 2.45) is 11.8 Å². The van der Waals surface area contributed by atoms with Crippen molar-refractivity contribution in [3.8, 4) is 0 Å². The van der Waals surface area contributed by atoms with Crippen LogP contribution in [-0.2, 0) is 0 Å². The molecule has 20 heavy (non-hydrogen) atoms. The minimum Gasteiger partial charge on any atom is -0.319 e. The Bertz CT molecular complexity index is 142. The standard InChI is InChI=1S/C7H15N.C7H16.C5H12/c1-4-5-7(2)6-8-3;1-4-7(5-2)6-3;1-3-5-4-2/h4,7-8H,1,5-6H2,2-3H3;7H,4-6H2,1-3H3;3-5H2,1-2H3. The van der Waals surface area contributed by atoms with Crippen LogP contribution in [0.1, 0.15) is 86.5 Å². The number of unbranched alkanes of at least 4 members (excludes halogenated alkanes) is 2. The van der Waals surface area contributed by atoms with Crippen molar-refractivity contribution in [3.63, 3.8) is 0 Å². The molecule has 0 aliphatic heterocycles. The molecule has 1 heteroatoms. The van der Waals surface area contributed by atoms with E-state index in [2.05, 4.69) is 53.4 Å². The molecule has 124 valence electrons. The van der Waals surface area contributed by atoms with E-state index in [1.54, 1.807) is 0 Å². The minimum atomic E-state index is 0.734. The molecule has 0 saturated carbocycles. The molecule has 0 radical (unpaired) electrons. The average Bonchev–Trinajstić information content (AvgIpc) is 2.44. The predicted molar refractivity (Wildman–Crippen MR) is 97.5 cm³/mol. The highest BCUT2D eigenvalue weighted by molar-refractivity contribution is 4.70. The van der Waals surface area contributed by atoms with Gasteiger partial charge in [0.15, 0.2) is 0 Å². The summed E-state index contributed by atoms with van der Waals surface area (Å²) in [4.78, 5) is 0. The molecule has 0 rings (SSSR count). The van der Waals surface area contributed by atoms with Gasteiger partial charge in [-0.05, 0) is 31.8 Å². The van der Waals surface area contributed by atoms with E-state index in [1.165, 1.54) is 38.5 Å². The van der Waals surface area contributed by atoms with Crippen molar-refractivity contribution in [1.82, 2.24) is 5.32 Å². The zero-order chi connectivity index (χ0) is 16.2. The highest BCUT2D eigenvalue weighted by atomic mass is 14.8. The van der Waals surface area contributed by atoms with Gasteiger partial charge in [-0.3, -0.25) is 0 Å². The molecule has 0 fully saturated rings. The second kappa shape index (κ2) is 23.8. The number of nitrogens with one attached hydrogen (secondary N) is 1. The van der Waals surface area contributed by atoms with Gasteiger partial charge in [0.2, 0.25) is 0 Å². The molecule has 0 amide bonds. The maximum Gasteiger partial charge on any atom is -0.00232 e. The normalized spacial score (nSPS) is 11.0. The molecule has 1 nitrogen and oxygen atoms in total. The Labute approximate surface area is 130 Å². The summed E-state index contributed by atoms with van der Waals surface area (Å²) in [7, 11) is 1.97. The van der Waals surface area contributed by atoms with E-state index in [1.807, 2.05) is 13.1 Å². The number of hydrogen-bond acceptors (Lipinski definition) is 1. The van der Waals surface area contributed by atoms with Crippen LogP contribution in [0.5, 0.6) is 0 Å². The molecule has 0 aromatic carbocycles. The molecule has 1 unspecified atom stereocenters. The number of rotatable bonds is 9. The smallest absolute Gasteiger partial charge is 0.00232 e. The van der Waals surface area contributed by atoms with Gasteiger partial charge < -0.3 is 5.32 Å². The first kappa shape index (κ1) is 24.7. The van der Waals surface area contributed by atoms with Gasteiger partial charge in [-0.2, -0.15) is 0 Å². The summed E-state index contributed by atoms with van der Waals surface area (Å²) in [6, 6.07) is 0. The second-order valence-electron chi connectivity index (χ2n) is 5.63. The van der Waals surface area contributed by atoms with Crippen LogP contribution in [0, 0.1) is 11.8 Å². The van der Waals surface area contributed by atoms with Gasteiger partial charge in [-0.15, -0.1) is 6.58 Å². The van der Waals surface area contributed by atoms with E-state index >= 15 is 0 Å². The third kappa shape index (κ3) is 26.3. The lowest BCUT2D eigenvalue weighted by atomic mass is 10.0. The lowest BCUT2D eigenvalue weighted by Crippen LogP contribution is -2.15. The summed E-state index contributed by atoms with van der Waals surface area (Å²) in [5, 5.41) is 3.10. The van der Waals surface area contributed by atoms with Crippen molar-refractivity contribution in [2.45, 2.75) is 86.5 Å². The Balaban J connectivity index is -0.000000223. The minimum absolute atomic E-state index is 0.734. The summed E-state index contributed by atoms with van der Waals surface area (Å²) in [5.74, 6) is 1.72. The van der Waals surface area contributed by atoms with Gasteiger partial charge >= 0.3 is 0 Å². The van der Waals surface area contributed by atoms with Gasteiger partial charge in [0.05, 0.1) is 0 Å². The first-order chi connectivity index (χ1) is 9.57. The number of allylic oxidation sites excluding steroid dienone is 1. The van der Waals surface area contributed by atoms with Crippen LogP contribution in [0.2, 0.25) is 0 Å². The lowest BCUT2D eigenvalue weighted by Gasteiger charge is -2.05. The molecule has 0 aromatic rings. The molecule has 0 aliphatic carbocycles. The average molecular weight is 286 g/mol. The first-order valence-electron chi connectivity index (χ1n) is 8.82. The van der Waals surface area contributed by atoms with Crippen LogP contribution in [0.15, 0.2) is 12.7 Å². The lowest BCUT2D eigenvalue weighted by molar-refractivity contribution is 0.477. The van der Waals surface area contributed by atoms with E-state index in [-0.39, 0.29) is 0 Å². The Hall–Kier alpha value is -0.300. The van der Waals surface area contributed by atoms with E-state index < -0.39 is 0 Å². The second-order valence-corrected chi connectivity index (χ2v) is 5.63. The Morgan fingerprint density at radius 2 is 1.40 bits per heavy atom. The van der Waals surface area contributed by atoms with Gasteiger partial charge in [-0.1, -0.05) is 86.1 Å². The number of hydrogen-bond donors (Lipinski definition) is 1. The van der Waals surface area contributed by atoms with Crippen LogP contribution in [0.4, 0.5) is 0 Å². The Morgan fingerprint density at radius 1 is 0.950 bits per heavy atom. The molecule has 0 heterocycles. The summed E-state index contributed by atoms with van der Waals surface area (Å²) in [6.45, 7) is 18.2. The topological polar surface area (TPSA) is 12.0 Å². The van der Waals surface area contributed by atoms with Crippen LogP contribution in [0.25, 0.3) is 0 Å². The van der Waals surface area contributed by atoms with Gasteiger partial charge in [0.1, 0.15) is 0 Å². The van der Waals surface area contributed by atoms with Crippen molar-refractivity contribution in [1.29, 1.82) is 0 Å². The summed E-state index contributed by atoms with van der Waals surface area (Å²) in [5.41, 5.74) is 0. The Kier molecular flexibility index (Phi) is 29.4. The first-order valence-corrected chi connectivity index (χ1v) is 8.82. The highest BCUT2D eigenvalue weighted by Crippen LogP contribution is 2.10. The largest absolute Gasteiger partial charge is 0.319 e. The van der Waals surface area contributed by atoms with E-state index in [4.69, 9.17) is 0 Å². The third-order valence-corrected chi connectivity index (χ3v) is 3.56. The van der Waals surface area contributed by atoms with E-state index in [0.29, 0.717) is 0 Å².